The Bertz CT molecular complexity index is 1110. The summed E-state index contributed by atoms with van der Waals surface area (Å²) in [7, 11) is 0. The Morgan fingerprint density at radius 3 is 2.65 bits per heavy atom. The average molecular weight is 418 g/mol. The number of rotatable bonds is 4. The van der Waals surface area contributed by atoms with Gasteiger partial charge in [0.25, 0.3) is 0 Å². The minimum Gasteiger partial charge on any atom is -0.353 e. The number of carbonyl (C=O) groups excluding carboxylic acids is 1. The molecular weight excluding hydrogens is 390 g/mol. The SMILES string of the molecule is O=C(CN1CCN(c2ccc3nnc(C4CC4)n3n2)CC1)N1CCCc2ccccc21. The predicted molar refractivity (Wildman–Crippen MR) is 119 cm³/mol. The summed E-state index contributed by atoms with van der Waals surface area (Å²) in [4.78, 5) is 19.6. The zero-order valence-corrected chi connectivity index (χ0v) is 17.7. The van der Waals surface area contributed by atoms with Crippen molar-refractivity contribution in [3.8, 4) is 0 Å². The smallest absolute Gasteiger partial charge is 0.241 e. The van der Waals surface area contributed by atoms with Gasteiger partial charge in [0.15, 0.2) is 11.5 Å². The topological polar surface area (TPSA) is 69.9 Å². The van der Waals surface area contributed by atoms with E-state index in [1.807, 2.05) is 27.6 Å². The second-order valence-corrected chi connectivity index (χ2v) is 8.83. The highest BCUT2D eigenvalue weighted by Crippen LogP contribution is 2.38. The van der Waals surface area contributed by atoms with Gasteiger partial charge in [-0.3, -0.25) is 9.69 Å². The van der Waals surface area contributed by atoms with Crippen LogP contribution in [0.1, 0.15) is 36.6 Å². The monoisotopic (exact) mass is 417 g/mol. The fourth-order valence-corrected chi connectivity index (χ4v) is 4.76. The molecule has 3 aliphatic rings. The summed E-state index contributed by atoms with van der Waals surface area (Å²) in [5.41, 5.74) is 3.19. The maximum absolute atomic E-state index is 13.0. The number of nitrogens with zero attached hydrogens (tertiary/aromatic N) is 7. The van der Waals surface area contributed by atoms with Crippen LogP contribution < -0.4 is 9.80 Å². The number of amides is 1. The number of anilines is 2. The molecule has 1 saturated carbocycles. The van der Waals surface area contributed by atoms with E-state index >= 15 is 0 Å². The number of hydrogen-bond acceptors (Lipinski definition) is 6. The molecule has 31 heavy (non-hydrogen) atoms. The van der Waals surface area contributed by atoms with Crippen LogP contribution in [-0.2, 0) is 11.2 Å². The van der Waals surface area contributed by atoms with E-state index in [4.69, 9.17) is 5.10 Å². The Balaban J connectivity index is 1.10. The molecule has 0 N–H and O–H groups in total. The summed E-state index contributed by atoms with van der Waals surface area (Å²) in [6.07, 6.45) is 4.46. The Labute approximate surface area is 181 Å². The van der Waals surface area contributed by atoms with Gasteiger partial charge in [-0.2, -0.15) is 4.52 Å². The predicted octanol–water partition coefficient (Wildman–Crippen LogP) is 2.10. The number of benzene rings is 1. The van der Waals surface area contributed by atoms with Crippen LogP contribution in [-0.4, -0.2) is 69.9 Å². The van der Waals surface area contributed by atoms with Gasteiger partial charge < -0.3 is 9.80 Å². The molecule has 2 aromatic heterocycles. The largest absolute Gasteiger partial charge is 0.353 e. The highest BCUT2D eigenvalue weighted by molar-refractivity contribution is 5.96. The number of carbonyl (C=O) groups is 1. The van der Waals surface area contributed by atoms with Crippen LogP contribution in [0, 0.1) is 0 Å². The van der Waals surface area contributed by atoms with Gasteiger partial charge in [0, 0.05) is 44.3 Å². The van der Waals surface area contributed by atoms with Gasteiger partial charge in [-0.1, -0.05) is 18.2 Å². The Hall–Kier alpha value is -3.00. The number of piperazine rings is 1. The van der Waals surface area contributed by atoms with Crippen LogP contribution in [0.4, 0.5) is 11.5 Å². The molecule has 6 rings (SSSR count). The number of aromatic nitrogens is 4. The minimum absolute atomic E-state index is 0.207. The van der Waals surface area contributed by atoms with E-state index < -0.39 is 0 Å². The molecule has 8 nitrogen and oxygen atoms in total. The standard InChI is InChI=1S/C23H27N7O/c31-22(29-11-3-5-17-4-1-2-6-19(17)29)16-27-12-14-28(15-13-27)21-10-9-20-24-25-23(18-7-8-18)30(20)26-21/h1-2,4,6,9-10,18H,3,5,7-8,11-16H2. The van der Waals surface area contributed by atoms with Crippen molar-refractivity contribution in [2.45, 2.75) is 31.6 Å². The molecule has 0 spiro atoms. The van der Waals surface area contributed by atoms with E-state index in [2.05, 4.69) is 38.2 Å². The molecule has 0 atom stereocenters. The van der Waals surface area contributed by atoms with Crippen LogP contribution >= 0.6 is 0 Å². The van der Waals surface area contributed by atoms with E-state index in [1.165, 1.54) is 18.4 Å². The molecule has 8 heteroatoms. The molecule has 0 radical (unpaired) electrons. The lowest BCUT2D eigenvalue weighted by Crippen LogP contribution is -2.51. The van der Waals surface area contributed by atoms with Crippen molar-refractivity contribution < 1.29 is 4.79 Å². The molecule has 1 amide bonds. The second-order valence-electron chi connectivity index (χ2n) is 8.83. The highest BCUT2D eigenvalue weighted by atomic mass is 16.2. The fraction of sp³-hybridized carbons (Fsp3) is 0.478. The van der Waals surface area contributed by atoms with Crippen molar-refractivity contribution in [1.29, 1.82) is 0 Å². The van der Waals surface area contributed by atoms with Crippen LogP contribution in [0.25, 0.3) is 5.65 Å². The third-order valence-electron chi connectivity index (χ3n) is 6.68. The Morgan fingerprint density at radius 2 is 1.81 bits per heavy atom. The van der Waals surface area contributed by atoms with Crippen LogP contribution in [0.3, 0.4) is 0 Å². The summed E-state index contributed by atoms with van der Waals surface area (Å²) in [6, 6.07) is 12.3. The number of aryl methyl sites for hydroxylation is 1. The van der Waals surface area contributed by atoms with Crippen molar-refractivity contribution in [1.82, 2.24) is 24.7 Å². The van der Waals surface area contributed by atoms with Gasteiger partial charge in [-0.25, -0.2) is 0 Å². The highest BCUT2D eigenvalue weighted by Gasteiger charge is 2.30. The van der Waals surface area contributed by atoms with Gasteiger partial charge >= 0.3 is 0 Å². The molecule has 4 heterocycles. The summed E-state index contributed by atoms with van der Waals surface area (Å²) in [5.74, 6) is 2.67. The Kier molecular flexibility index (Phi) is 4.60. The lowest BCUT2D eigenvalue weighted by molar-refractivity contribution is -0.119. The minimum atomic E-state index is 0.207. The van der Waals surface area contributed by atoms with Gasteiger partial charge in [0.1, 0.15) is 5.82 Å². The summed E-state index contributed by atoms with van der Waals surface area (Å²) >= 11 is 0. The van der Waals surface area contributed by atoms with Crippen molar-refractivity contribution >= 4 is 23.1 Å². The number of para-hydroxylation sites is 1. The first-order chi connectivity index (χ1) is 15.3. The summed E-state index contributed by atoms with van der Waals surface area (Å²) < 4.78 is 1.91. The molecule has 2 fully saturated rings. The summed E-state index contributed by atoms with van der Waals surface area (Å²) in [5, 5.41) is 13.4. The van der Waals surface area contributed by atoms with E-state index in [1.54, 1.807) is 0 Å². The van der Waals surface area contributed by atoms with E-state index in [0.717, 1.165) is 68.5 Å². The molecule has 160 valence electrons. The zero-order chi connectivity index (χ0) is 20.8. The second kappa shape index (κ2) is 7.60. The first-order valence-electron chi connectivity index (χ1n) is 11.3. The number of fused-ring (bicyclic) bond motifs is 2. The molecule has 1 aromatic carbocycles. The first-order valence-corrected chi connectivity index (χ1v) is 11.3. The van der Waals surface area contributed by atoms with E-state index in [9.17, 15) is 4.79 Å². The van der Waals surface area contributed by atoms with Crippen LogP contribution in [0.2, 0.25) is 0 Å². The molecular formula is C23H27N7O. The molecule has 1 aliphatic carbocycles. The van der Waals surface area contributed by atoms with Crippen molar-refractivity contribution in [3.63, 3.8) is 0 Å². The maximum Gasteiger partial charge on any atom is 0.241 e. The lowest BCUT2D eigenvalue weighted by atomic mass is 10.0. The van der Waals surface area contributed by atoms with Crippen molar-refractivity contribution in [3.05, 3.63) is 47.8 Å². The zero-order valence-electron chi connectivity index (χ0n) is 17.7. The first kappa shape index (κ1) is 18.7. The molecule has 0 bridgehead atoms. The Morgan fingerprint density at radius 1 is 0.968 bits per heavy atom. The molecule has 1 saturated heterocycles. The number of hydrogen-bond donors (Lipinski definition) is 0. The third kappa shape index (κ3) is 3.54. The molecule has 3 aromatic rings. The van der Waals surface area contributed by atoms with Crippen LogP contribution in [0.15, 0.2) is 36.4 Å². The molecule has 2 aliphatic heterocycles. The van der Waals surface area contributed by atoms with Crippen molar-refractivity contribution in [2.75, 3.05) is 49.1 Å². The lowest BCUT2D eigenvalue weighted by Gasteiger charge is -2.36. The van der Waals surface area contributed by atoms with Crippen LogP contribution in [0.5, 0.6) is 0 Å². The average Bonchev–Trinajstić information content (AvgIpc) is 3.57. The maximum atomic E-state index is 13.0. The van der Waals surface area contributed by atoms with Gasteiger partial charge in [0.05, 0.1) is 6.54 Å². The van der Waals surface area contributed by atoms with Gasteiger partial charge in [-0.15, -0.1) is 15.3 Å². The van der Waals surface area contributed by atoms with Gasteiger partial charge in [0.2, 0.25) is 5.91 Å². The molecule has 0 unspecified atom stereocenters. The van der Waals surface area contributed by atoms with Crippen molar-refractivity contribution in [2.24, 2.45) is 0 Å². The third-order valence-corrected chi connectivity index (χ3v) is 6.68. The van der Waals surface area contributed by atoms with E-state index in [0.29, 0.717) is 12.5 Å². The quantitative estimate of drug-likeness (QED) is 0.648. The fourth-order valence-electron chi connectivity index (χ4n) is 4.76. The summed E-state index contributed by atoms with van der Waals surface area (Å²) in [6.45, 7) is 4.75. The normalized spacial score (nSPS) is 19.6. The van der Waals surface area contributed by atoms with E-state index in [-0.39, 0.29) is 5.91 Å². The van der Waals surface area contributed by atoms with Gasteiger partial charge in [-0.05, 0) is 49.4 Å².